The fraction of sp³-hybridized carbons (Fsp3) is 0.481. The summed E-state index contributed by atoms with van der Waals surface area (Å²) in [6.07, 6.45) is -5.35. The molecule has 1 N–H and O–H groups in total. The molecule has 2 fully saturated rings. The van der Waals surface area contributed by atoms with E-state index in [2.05, 4.69) is 11.4 Å². The van der Waals surface area contributed by atoms with Crippen molar-refractivity contribution in [1.82, 2.24) is 10.2 Å². The third-order valence-corrected chi connectivity index (χ3v) is 10.0. The maximum Gasteiger partial charge on any atom is 0.417 e. The topological polar surface area (TPSA) is 99.5 Å². The molecule has 7 nitrogen and oxygen atoms in total. The summed E-state index contributed by atoms with van der Waals surface area (Å²) < 4.78 is 74.0. The van der Waals surface area contributed by atoms with Crippen LogP contribution >= 0.6 is 11.6 Å². The highest BCUT2D eigenvalue weighted by molar-refractivity contribution is 7.92. The van der Waals surface area contributed by atoms with Crippen LogP contribution < -0.4 is 5.32 Å². The van der Waals surface area contributed by atoms with Gasteiger partial charge in [0.2, 0.25) is 5.91 Å². The van der Waals surface area contributed by atoms with Crippen molar-refractivity contribution in [3.05, 3.63) is 64.7 Å². The zero-order valence-corrected chi connectivity index (χ0v) is 22.8. The predicted molar refractivity (Wildman–Crippen MR) is 138 cm³/mol. The Kier molecular flexibility index (Phi) is 8.61. The van der Waals surface area contributed by atoms with E-state index in [-0.39, 0.29) is 19.4 Å². The van der Waals surface area contributed by atoms with Crippen molar-refractivity contribution >= 4 is 27.3 Å². The van der Waals surface area contributed by atoms with Crippen LogP contribution in [0.2, 0.25) is 5.02 Å². The molecule has 12 heteroatoms. The van der Waals surface area contributed by atoms with Crippen LogP contribution in [0.3, 0.4) is 0 Å². The number of piperidine rings is 1. The van der Waals surface area contributed by atoms with Gasteiger partial charge in [-0.05, 0) is 62.6 Å². The molecular formula is C27H29ClF3N3O4S. The number of carbonyl (C=O) groups is 1. The van der Waals surface area contributed by atoms with Gasteiger partial charge >= 0.3 is 6.18 Å². The van der Waals surface area contributed by atoms with Crippen molar-refractivity contribution < 1.29 is 31.1 Å². The number of likely N-dealkylation sites (tertiary alicyclic amines) is 1. The van der Waals surface area contributed by atoms with Gasteiger partial charge in [-0.2, -0.15) is 18.4 Å². The highest BCUT2D eigenvalue weighted by Crippen LogP contribution is 2.41. The maximum absolute atomic E-state index is 13.7. The average Bonchev–Trinajstić information content (AvgIpc) is 3.35. The second kappa shape index (κ2) is 11.5. The number of nitriles is 1. The van der Waals surface area contributed by atoms with Crippen molar-refractivity contribution in [3.8, 4) is 6.07 Å². The van der Waals surface area contributed by atoms with Crippen LogP contribution in [-0.2, 0) is 32.2 Å². The van der Waals surface area contributed by atoms with Crippen LogP contribution in [0.15, 0.2) is 53.4 Å². The van der Waals surface area contributed by atoms with Gasteiger partial charge in [0.1, 0.15) is 5.54 Å². The molecule has 4 rings (SSSR count). The molecule has 1 saturated heterocycles. The van der Waals surface area contributed by atoms with Gasteiger partial charge in [0.05, 0.1) is 40.4 Å². The summed E-state index contributed by atoms with van der Waals surface area (Å²) in [5, 5.41) is 11.9. The van der Waals surface area contributed by atoms with Crippen LogP contribution in [0.4, 0.5) is 13.2 Å². The molecule has 39 heavy (non-hydrogen) atoms. The van der Waals surface area contributed by atoms with E-state index in [1.165, 1.54) is 6.07 Å². The van der Waals surface area contributed by atoms with Crippen molar-refractivity contribution in [2.45, 2.75) is 60.3 Å². The van der Waals surface area contributed by atoms with Gasteiger partial charge in [-0.1, -0.05) is 35.9 Å². The number of amides is 1. The lowest BCUT2D eigenvalue weighted by Gasteiger charge is -2.37. The fourth-order valence-electron chi connectivity index (χ4n) is 5.17. The molecule has 3 unspecified atom stereocenters. The number of ether oxygens (including phenoxy) is 1. The van der Waals surface area contributed by atoms with Crippen LogP contribution in [0.1, 0.15) is 36.8 Å². The summed E-state index contributed by atoms with van der Waals surface area (Å²) in [5.74, 6) is -1.51. The molecule has 1 heterocycles. The van der Waals surface area contributed by atoms with E-state index in [1.807, 2.05) is 11.9 Å². The Hall–Kier alpha value is -2.65. The summed E-state index contributed by atoms with van der Waals surface area (Å²) in [4.78, 5) is 14.7. The number of carbonyl (C=O) groups excluding carboxylic acids is 1. The van der Waals surface area contributed by atoms with Gasteiger partial charge in [0.15, 0.2) is 9.84 Å². The Bertz CT molecular complexity index is 1340. The van der Waals surface area contributed by atoms with Crippen LogP contribution in [0, 0.1) is 17.2 Å². The van der Waals surface area contributed by atoms with Crippen molar-refractivity contribution in [2.24, 2.45) is 5.92 Å². The Morgan fingerprint density at radius 1 is 1.15 bits per heavy atom. The molecule has 0 radical (unpaired) electrons. The molecule has 2 aromatic rings. The third kappa shape index (κ3) is 6.57. The van der Waals surface area contributed by atoms with Crippen LogP contribution in [0.5, 0.6) is 0 Å². The number of halogens is 4. The van der Waals surface area contributed by atoms with Gasteiger partial charge in [0.25, 0.3) is 0 Å². The van der Waals surface area contributed by atoms with Gasteiger partial charge in [-0.25, -0.2) is 8.42 Å². The lowest BCUT2D eigenvalue weighted by Crippen LogP contribution is -2.55. The number of nitrogens with one attached hydrogen (secondary N) is 1. The standard InChI is InChI=1S/C27H29ClF3N3O4S/c1-34-12-10-26(17-32,11-13-34)33-25(35)21-14-20(15-23(21)38-16-18-6-8-19(28)9-7-18)39(36,37)24-5-3-2-4-22(24)27(29,30)31/h2-9,20-21,23H,10-16H2,1H3,(H,33,35). The molecule has 3 atom stereocenters. The minimum absolute atomic E-state index is 0.0473. The largest absolute Gasteiger partial charge is 0.417 e. The van der Waals surface area contributed by atoms with E-state index in [1.54, 1.807) is 24.3 Å². The van der Waals surface area contributed by atoms with Crippen molar-refractivity contribution in [2.75, 3.05) is 20.1 Å². The molecule has 0 spiro atoms. The van der Waals surface area contributed by atoms with Crippen LogP contribution in [0.25, 0.3) is 0 Å². The second-order valence-electron chi connectivity index (χ2n) is 10.2. The zero-order valence-electron chi connectivity index (χ0n) is 21.2. The number of hydrogen-bond acceptors (Lipinski definition) is 6. The van der Waals surface area contributed by atoms with E-state index in [0.717, 1.165) is 23.8 Å². The fourth-order valence-corrected chi connectivity index (χ4v) is 7.32. The lowest BCUT2D eigenvalue weighted by molar-refractivity contribution is -0.140. The zero-order chi connectivity index (χ0) is 28.4. The molecule has 0 bridgehead atoms. The van der Waals surface area contributed by atoms with E-state index < -0.39 is 55.2 Å². The van der Waals surface area contributed by atoms with Gasteiger partial charge < -0.3 is 15.0 Å². The summed E-state index contributed by atoms with van der Waals surface area (Å²) in [6.45, 7) is 1.24. The van der Waals surface area contributed by atoms with Crippen LogP contribution in [-0.4, -0.2) is 56.3 Å². The average molecular weight is 584 g/mol. The predicted octanol–water partition coefficient (Wildman–Crippen LogP) is 4.60. The highest BCUT2D eigenvalue weighted by atomic mass is 35.5. The summed E-state index contributed by atoms with van der Waals surface area (Å²) in [6, 6.07) is 13.0. The first-order chi connectivity index (χ1) is 18.3. The molecule has 1 saturated carbocycles. The molecule has 1 amide bonds. The molecule has 1 aliphatic carbocycles. The Morgan fingerprint density at radius 2 is 1.79 bits per heavy atom. The first-order valence-electron chi connectivity index (χ1n) is 12.5. The monoisotopic (exact) mass is 583 g/mol. The summed E-state index contributed by atoms with van der Waals surface area (Å²) in [7, 11) is -2.56. The smallest absolute Gasteiger partial charge is 0.373 e. The number of benzene rings is 2. The number of alkyl halides is 3. The maximum atomic E-state index is 13.7. The summed E-state index contributed by atoms with van der Waals surface area (Å²) in [5.41, 5.74) is -1.62. The molecule has 0 aromatic heterocycles. The lowest BCUT2D eigenvalue weighted by atomic mass is 9.88. The SMILES string of the molecule is CN1CCC(C#N)(NC(=O)C2CC(S(=O)(=O)c3ccccc3C(F)(F)F)CC2OCc2ccc(Cl)cc2)CC1. The first kappa shape index (κ1) is 29.3. The van der Waals surface area contributed by atoms with Gasteiger partial charge in [-0.3, -0.25) is 4.79 Å². The van der Waals surface area contributed by atoms with Crippen molar-refractivity contribution in [3.63, 3.8) is 0 Å². The van der Waals surface area contributed by atoms with Gasteiger partial charge in [-0.15, -0.1) is 0 Å². The van der Waals surface area contributed by atoms with E-state index in [0.29, 0.717) is 31.0 Å². The van der Waals surface area contributed by atoms with E-state index in [9.17, 15) is 31.6 Å². The number of rotatable bonds is 7. The molecule has 2 aromatic carbocycles. The number of hydrogen-bond donors (Lipinski definition) is 1. The Morgan fingerprint density at radius 3 is 2.41 bits per heavy atom. The normalized spacial score (nSPS) is 23.7. The number of sulfone groups is 1. The molecular weight excluding hydrogens is 555 g/mol. The Balaban J connectivity index is 1.61. The summed E-state index contributed by atoms with van der Waals surface area (Å²) >= 11 is 5.93. The quantitative estimate of drug-likeness (QED) is 0.511. The minimum atomic E-state index is -4.86. The van der Waals surface area contributed by atoms with Crippen molar-refractivity contribution in [1.29, 1.82) is 5.26 Å². The molecule has 210 valence electrons. The minimum Gasteiger partial charge on any atom is -0.373 e. The first-order valence-corrected chi connectivity index (χ1v) is 14.4. The molecule has 2 aliphatic rings. The number of nitrogens with zero attached hydrogens (tertiary/aromatic N) is 2. The molecule has 1 aliphatic heterocycles. The Labute approximate surface area is 230 Å². The highest BCUT2D eigenvalue weighted by Gasteiger charge is 2.49. The van der Waals surface area contributed by atoms with E-state index >= 15 is 0 Å². The van der Waals surface area contributed by atoms with Gasteiger partial charge in [0, 0.05) is 18.1 Å². The second-order valence-corrected chi connectivity index (χ2v) is 12.8. The third-order valence-electron chi connectivity index (χ3n) is 7.53. The van der Waals surface area contributed by atoms with E-state index in [4.69, 9.17) is 16.3 Å².